The number of amides is 1. The van der Waals surface area contributed by atoms with Gasteiger partial charge in [-0.15, -0.1) is 0 Å². The van der Waals surface area contributed by atoms with E-state index >= 15 is 0 Å². The number of aromatic nitrogens is 1. The molecule has 2 aliphatic rings. The maximum Gasteiger partial charge on any atom is 0.232 e. The Bertz CT molecular complexity index is 719. The number of nitrogens with zero attached hydrogens (tertiary/aromatic N) is 3. The van der Waals surface area contributed by atoms with E-state index in [9.17, 15) is 4.79 Å². The molecule has 25 heavy (non-hydrogen) atoms. The largest absolute Gasteiger partial charge is 0.472 e. The predicted molar refractivity (Wildman–Crippen MR) is 91.4 cm³/mol. The third kappa shape index (κ3) is 3.07. The predicted octanol–water partition coefficient (Wildman–Crippen LogP) is 1.78. The minimum absolute atomic E-state index is 0.162. The number of likely N-dealkylation sites (tertiary alicyclic amines) is 1. The molecule has 0 N–H and O–H groups in total. The Labute approximate surface area is 147 Å². The van der Waals surface area contributed by atoms with E-state index < -0.39 is 5.41 Å². The third-order valence-electron chi connectivity index (χ3n) is 5.33. The third-order valence-corrected chi connectivity index (χ3v) is 5.33. The Morgan fingerprint density at radius 2 is 2.36 bits per heavy atom. The fourth-order valence-electron chi connectivity index (χ4n) is 4.09. The molecule has 2 aromatic heterocycles. The van der Waals surface area contributed by atoms with Gasteiger partial charge in [-0.25, -0.2) is 0 Å². The molecule has 132 valence electrons. The number of rotatable bonds is 5. The Morgan fingerprint density at radius 1 is 1.44 bits per heavy atom. The van der Waals surface area contributed by atoms with Crippen LogP contribution in [0.25, 0.3) is 0 Å². The molecule has 1 amide bonds. The number of fused-ring (bicyclic) bond motifs is 1. The molecule has 2 aliphatic heterocycles. The monoisotopic (exact) mass is 341 g/mol. The summed E-state index contributed by atoms with van der Waals surface area (Å²) in [5, 5.41) is 0. The van der Waals surface area contributed by atoms with Crippen LogP contribution in [-0.2, 0) is 22.6 Å². The normalized spacial score (nSPS) is 25.9. The highest BCUT2D eigenvalue weighted by Crippen LogP contribution is 2.43. The molecule has 0 aliphatic carbocycles. The van der Waals surface area contributed by atoms with E-state index in [1.807, 2.05) is 31.3 Å². The fraction of sp³-hybridized carbons (Fsp3) is 0.474. The van der Waals surface area contributed by atoms with Crippen molar-refractivity contribution in [2.75, 3.05) is 33.4 Å². The quantitative estimate of drug-likeness (QED) is 0.830. The Morgan fingerprint density at radius 3 is 3.12 bits per heavy atom. The highest BCUT2D eigenvalue weighted by Gasteiger charge is 2.56. The maximum atomic E-state index is 13.3. The van der Waals surface area contributed by atoms with E-state index in [0.717, 1.165) is 30.9 Å². The van der Waals surface area contributed by atoms with E-state index in [1.54, 1.807) is 23.6 Å². The van der Waals surface area contributed by atoms with Gasteiger partial charge in [-0.05, 0) is 18.2 Å². The van der Waals surface area contributed by atoms with E-state index in [2.05, 4.69) is 9.88 Å². The average Bonchev–Trinajstić information content (AvgIpc) is 3.31. The Hall–Kier alpha value is -2.18. The second kappa shape index (κ2) is 6.61. The number of hydrogen-bond acceptors (Lipinski definition) is 5. The van der Waals surface area contributed by atoms with Crippen molar-refractivity contribution in [3.63, 3.8) is 0 Å². The molecule has 0 spiro atoms. The van der Waals surface area contributed by atoms with Crippen molar-refractivity contribution in [3.8, 4) is 0 Å². The van der Waals surface area contributed by atoms with Crippen molar-refractivity contribution < 1.29 is 13.9 Å². The Balaban J connectivity index is 1.47. The summed E-state index contributed by atoms with van der Waals surface area (Å²) < 4.78 is 10.9. The van der Waals surface area contributed by atoms with Gasteiger partial charge < -0.3 is 14.1 Å². The van der Waals surface area contributed by atoms with Crippen molar-refractivity contribution in [1.82, 2.24) is 14.8 Å². The zero-order valence-corrected chi connectivity index (χ0v) is 14.4. The summed E-state index contributed by atoms with van der Waals surface area (Å²) in [7, 11) is 1.86. The summed E-state index contributed by atoms with van der Waals surface area (Å²) in [5.74, 6) is 0.411. The number of furan rings is 1. The Kier molecular flexibility index (Phi) is 4.31. The van der Waals surface area contributed by atoms with Crippen LogP contribution < -0.4 is 0 Å². The van der Waals surface area contributed by atoms with Gasteiger partial charge in [-0.1, -0.05) is 6.07 Å². The zero-order chi connectivity index (χ0) is 17.3. The molecular weight excluding hydrogens is 318 g/mol. The van der Waals surface area contributed by atoms with E-state index in [0.29, 0.717) is 19.8 Å². The molecule has 0 unspecified atom stereocenters. The van der Waals surface area contributed by atoms with Gasteiger partial charge in [0.05, 0.1) is 43.4 Å². The maximum absolute atomic E-state index is 13.3. The van der Waals surface area contributed by atoms with Crippen molar-refractivity contribution in [2.24, 2.45) is 11.3 Å². The van der Waals surface area contributed by atoms with Crippen LogP contribution in [0.2, 0.25) is 0 Å². The van der Waals surface area contributed by atoms with Gasteiger partial charge >= 0.3 is 0 Å². The summed E-state index contributed by atoms with van der Waals surface area (Å²) in [6.45, 7) is 4.11. The van der Waals surface area contributed by atoms with Crippen LogP contribution in [0.4, 0.5) is 0 Å². The second-order valence-corrected chi connectivity index (χ2v) is 7.15. The summed E-state index contributed by atoms with van der Waals surface area (Å²) in [6, 6.07) is 7.76. The summed E-state index contributed by atoms with van der Waals surface area (Å²) >= 11 is 0. The lowest BCUT2D eigenvalue weighted by atomic mass is 9.79. The number of hydrogen-bond donors (Lipinski definition) is 0. The lowest BCUT2D eigenvalue weighted by Gasteiger charge is -2.31. The summed E-state index contributed by atoms with van der Waals surface area (Å²) in [5.41, 5.74) is 1.61. The first kappa shape index (κ1) is 16.3. The molecule has 0 aromatic carbocycles. The van der Waals surface area contributed by atoms with Crippen LogP contribution in [0.3, 0.4) is 0 Å². The van der Waals surface area contributed by atoms with Crippen LogP contribution in [0.15, 0.2) is 47.4 Å². The standard InChI is InChI=1S/C19H23N3O3/c1-21(10-17-4-2-3-6-20-17)18(23)19-13-22(8-15-5-7-24-11-15)9-16(19)12-25-14-19/h2-7,11,16H,8-10,12-14H2,1H3/t16-,19-/m1/s1. The van der Waals surface area contributed by atoms with Gasteiger partial charge in [0, 0.05) is 44.4 Å². The van der Waals surface area contributed by atoms with Gasteiger partial charge in [-0.2, -0.15) is 0 Å². The number of pyridine rings is 1. The van der Waals surface area contributed by atoms with Gasteiger partial charge in [0.25, 0.3) is 0 Å². The molecule has 6 heteroatoms. The van der Waals surface area contributed by atoms with Crippen LogP contribution in [-0.4, -0.2) is 54.0 Å². The molecule has 0 bridgehead atoms. The van der Waals surface area contributed by atoms with Gasteiger partial charge in [0.15, 0.2) is 0 Å². The molecule has 2 fully saturated rings. The first-order valence-corrected chi connectivity index (χ1v) is 8.64. The summed E-state index contributed by atoms with van der Waals surface area (Å²) in [6.07, 6.45) is 5.22. The molecule has 2 saturated heterocycles. The van der Waals surface area contributed by atoms with Crippen molar-refractivity contribution in [1.29, 1.82) is 0 Å². The molecule has 0 saturated carbocycles. The molecule has 4 rings (SSSR count). The molecule has 4 heterocycles. The smallest absolute Gasteiger partial charge is 0.232 e. The van der Waals surface area contributed by atoms with Crippen molar-refractivity contribution in [2.45, 2.75) is 13.1 Å². The zero-order valence-electron chi connectivity index (χ0n) is 14.4. The van der Waals surface area contributed by atoms with Gasteiger partial charge in [0.1, 0.15) is 0 Å². The first-order chi connectivity index (χ1) is 12.2. The SMILES string of the molecule is CN(Cc1ccccn1)C(=O)[C@]12COC[C@H]1CN(Cc1ccoc1)C2. The van der Waals surface area contributed by atoms with E-state index in [-0.39, 0.29) is 11.8 Å². The van der Waals surface area contributed by atoms with Crippen LogP contribution >= 0.6 is 0 Å². The van der Waals surface area contributed by atoms with Crippen LogP contribution in [0.5, 0.6) is 0 Å². The van der Waals surface area contributed by atoms with E-state index in [1.165, 1.54) is 0 Å². The average molecular weight is 341 g/mol. The minimum Gasteiger partial charge on any atom is -0.472 e. The minimum atomic E-state index is -0.437. The molecular formula is C19H23N3O3. The number of carbonyl (C=O) groups is 1. The lowest BCUT2D eigenvalue weighted by molar-refractivity contribution is -0.142. The molecule has 6 nitrogen and oxygen atoms in total. The topological polar surface area (TPSA) is 58.8 Å². The lowest BCUT2D eigenvalue weighted by Crippen LogP contribution is -2.47. The molecule has 2 atom stereocenters. The molecule has 2 aromatic rings. The second-order valence-electron chi connectivity index (χ2n) is 7.15. The highest BCUT2D eigenvalue weighted by molar-refractivity contribution is 5.84. The summed E-state index contributed by atoms with van der Waals surface area (Å²) in [4.78, 5) is 21.7. The number of carbonyl (C=O) groups excluding carboxylic acids is 1. The van der Waals surface area contributed by atoms with Gasteiger partial charge in [0.2, 0.25) is 5.91 Å². The van der Waals surface area contributed by atoms with Crippen molar-refractivity contribution >= 4 is 5.91 Å². The molecule has 0 radical (unpaired) electrons. The van der Waals surface area contributed by atoms with E-state index in [4.69, 9.17) is 9.15 Å². The van der Waals surface area contributed by atoms with Crippen LogP contribution in [0, 0.1) is 11.3 Å². The van der Waals surface area contributed by atoms with Gasteiger partial charge in [-0.3, -0.25) is 14.7 Å². The highest BCUT2D eigenvalue weighted by atomic mass is 16.5. The van der Waals surface area contributed by atoms with Crippen LogP contribution in [0.1, 0.15) is 11.3 Å². The van der Waals surface area contributed by atoms with Crippen molar-refractivity contribution in [3.05, 3.63) is 54.2 Å². The fourth-order valence-corrected chi connectivity index (χ4v) is 4.09. The first-order valence-electron chi connectivity index (χ1n) is 8.64. The number of ether oxygens (including phenoxy) is 1.